The standard InChI is InChI=1S/C24H38N2O5S/c1-24(2,3)32(28,29)26-21-8-6-14-25-22(21)17-31-19-12-10-18(11-13-19)20-7-4-5-9-23(20)30-16-15-27/h4-5,7,9,15,18-19,21-22,25-26H,6,8,10-14,16-17H2,1-3H3/t18-,19+,21-,22-/m0/s1. The number of hydrogen-bond donors (Lipinski definition) is 2. The molecule has 7 nitrogen and oxygen atoms in total. The zero-order valence-corrected chi connectivity index (χ0v) is 20.3. The number of piperidine rings is 1. The Morgan fingerprint density at radius 1 is 1.12 bits per heavy atom. The summed E-state index contributed by atoms with van der Waals surface area (Å²) in [7, 11) is -3.40. The number of carbonyl (C=O) groups is 1. The highest BCUT2D eigenvalue weighted by atomic mass is 32.2. The lowest BCUT2D eigenvalue weighted by Crippen LogP contribution is -2.57. The minimum Gasteiger partial charge on any atom is -0.486 e. The zero-order valence-electron chi connectivity index (χ0n) is 19.5. The molecule has 180 valence electrons. The fourth-order valence-corrected chi connectivity index (χ4v) is 5.53. The molecular formula is C24H38N2O5S. The summed E-state index contributed by atoms with van der Waals surface area (Å²) < 4.78 is 39.2. The van der Waals surface area contributed by atoms with E-state index in [-0.39, 0.29) is 24.8 Å². The molecule has 2 aliphatic rings. The molecule has 0 bridgehead atoms. The quantitative estimate of drug-likeness (QED) is 0.543. The third-order valence-corrected chi connectivity index (χ3v) is 8.77. The fraction of sp³-hybridized carbons (Fsp3) is 0.708. The molecular weight excluding hydrogens is 428 g/mol. The van der Waals surface area contributed by atoms with Gasteiger partial charge in [-0.1, -0.05) is 18.2 Å². The van der Waals surface area contributed by atoms with Gasteiger partial charge < -0.3 is 14.8 Å². The second-order valence-electron chi connectivity index (χ2n) is 9.87. The molecule has 8 heteroatoms. The first-order chi connectivity index (χ1) is 15.2. The van der Waals surface area contributed by atoms with Crippen molar-refractivity contribution in [2.45, 2.75) is 88.1 Å². The minimum absolute atomic E-state index is 0.0175. The van der Waals surface area contributed by atoms with Crippen LogP contribution in [0.4, 0.5) is 0 Å². The first kappa shape index (κ1) is 25.1. The summed E-state index contributed by atoms with van der Waals surface area (Å²) in [5.41, 5.74) is 1.17. The molecule has 0 amide bonds. The van der Waals surface area contributed by atoms with Crippen LogP contribution in [-0.4, -0.2) is 57.4 Å². The highest BCUT2D eigenvalue weighted by molar-refractivity contribution is 7.90. The Hall–Kier alpha value is -1.48. The Bertz CT molecular complexity index is 844. The van der Waals surface area contributed by atoms with Crippen LogP contribution in [0.1, 0.15) is 70.8 Å². The normalized spacial score (nSPS) is 27.1. The fourth-order valence-electron chi connectivity index (χ4n) is 4.50. The van der Waals surface area contributed by atoms with E-state index >= 15 is 0 Å². The van der Waals surface area contributed by atoms with Gasteiger partial charge in [-0.2, -0.15) is 0 Å². The molecule has 1 aromatic rings. The molecule has 3 rings (SSSR count). The van der Waals surface area contributed by atoms with Gasteiger partial charge in [-0.25, -0.2) is 13.1 Å². The molecule has 32 heavy (non-hydrogen) atoms. The van der Waals surface area contributed by atoms with Crippen LogP contribution in [-0.2, 0) is 19.6 Å². The number of ether oxygens (including phenoxy) is 2. The Morgan fingerprint density at radius 3 is 2.53 bits per heavy atom. The lowest BCUT2D eigenvalue weighted by atomic mass is 9.82. The van der Waals surface area contributed by atoms with Gasteiger partial charge >= 0.3 is 0 Å². The van der Waals surface area contributed by atoms with Gasteiger partial charge in [0.1, 0.15) is 12.4 Å². The lowest BCUT2D eigenvalue weighted by molar-refractivity contribution is -0.109. The van der Waals surface area contributed by atoms with Gasteiger partial charge in [-0.05, 0) is 83.4 Å². The lowest BCUT2D eigenvalue weighted by Gasteiger charge is -2.36. The van der Waals surface area contributed by atoms with Gasteiger partial charge in [-0.15, -0.1) is 0 Å². The van der Waals surface area contributed by atoms with E-state index in [4.69, 9.17) is 9.47 Å². The van der Waals surface area contributed by atoms with E-state index < -0.39 is 14.8 Å². The predicted molar refractivity (Wildman–Crippen MR) is 126 cm³/mol. The number of benzene rings is 1. The summed E-state index contributed by atoms with van der Waals surface area (Å²) in [4.78, 5) is 10.7. The van der Waals surface area contributed by atoms with E-state index in [1.807, 2.05) is 18.2 Å². The average Bonchev–Trinajstić information content (AvgIpc) is 2.77. The van der Waals surface area contributed by atoms with Crippen LogP contribution in [0.3, 0.4) is 0 Å². The number of para-hydroxylation sites is 1. The Labute approximate surface area is 192 Å². The van der Waals surface area contributed by atoms with Crippen molar-refractivity contribution in [1.29, 1.82) is 0 Å². The van der Waals surface area contributed by atoms with Gasteiger partial charge in [0.15, 0.2) is 6.29 Å². The molecule has 2 fully saturated rings. The largest absolute Gasteiger partial charge is 0.486 e. The summed E-state index contributed by atoms with van der Waals surface area (Å²) in [5.74, 6) is 1.20. The van der Waals surface area contributed by atoms with Gasteiger partial charge in [0.2, 0.25) is 10.0 Å². The topological polar surface area (TPSA) is 93.7 Å². The molecule has 0 aromatic heterocycles. The van der Waals surface area contributed by atoms with E-state index in [0.29, 0.717) is 12.5 Å². The molecule has 1 saturated heterocycles. The Kier molecular flexibility index (Phi) is 8.72. The molecule has 2 atom stereocenters. The van der Waals surface area contributed by atoms with Crippen molar-refractivity contribution in [2.75, 3.05) is 19.8 Å². The van der Waals surface area contributed by atoms with Crippen LogP contribution in [0.15, 0.2) is 24.3 Å². The number of sulfonamides is 1. The summed E-state index contributed by atoms with van der Waals surface area (Å²) in [5, 5.41) is 3.45. The molecule has 0 spiro atoms. The van der Waals surface area contributed by atoms with Crippen molar-refractivity contribution in [3.05, 3.63) is 29.8 Å². The van der Waals surface area contributed by atoms with Crippen LogP contribution in [0.25, 0.3) is 0 Å². The third kappa shape index (κ3) is 6.53. The van der Waals surface area contributed by atoms with Crippen molar-refractivity contribution >= 4 is 16.3 Å². The van der Waals surface area contributed by atoms with Crippen molar-refractivity contribution < 1.29 is 22.7 Å². The minimum atomic E-state index is -3.40. The molecule has 0 unspecified atom stereocenters. The second kappa shape index (κ2) is 11.1. The van der Waals surface area contributed by atoms with Crippen molar-refractivity contribution in [1.82, 2.24) is 10.0 Å². The first-order valence-corrected chi connectivity index (χ1v) is 13.2. The number of hydrogen-bond acceptors (Lipinski definition) is 6. The van der Waals surface area contributed by atoms with E-state index in [1.54, 1.807) is 20.8 Å². The molecule has 1 heterocycles. The zero-order chi connectivity index (χ0) is 23.2. The number of carbonyl (C=O) groups excluding carboxylic acids is 1. The summed E-state index contributed by atoms with van der Waals surface area (Å²) in [6.45, 7) is 6.62. The van der Waals surface area contributed by atoms with E-state index in [2.05, 4.69) is 16.1 Å². The van der Waals surface area contributed by atoms with Crippen molar-refractivity contribution in [3.63, 3.8) is 0 Å². The van der Waals surface area contributed by atoms with Gasteiger partial charge in [-0.3, -0.25) is 4.79 Å². The molecule has 1 saturated carbocycles. The average molecular weight is 467 g/mol. The second-order valence-corrected chi connectivity index (χ2v) is 12.3. The molecule has 1 aliphatic carbocycles. The number of aldehydes is 1. The Balaban J connectivity index is 1.51. The Morgan fingerprint density at radius 2 is 1.84 bits per heavy atom. The van der Waals surface area contributed by atoms with Crippen LogP contribution in [0, 0.1) is 0 Å². The predicted octanol–water partition coefficient (Wildman–Crippen LogP) is 3.15. The molecule has 2 N–H and O–H groups in total. The van der Waals surface area contributed by atoms with E-state index in [1.165, 1.54) is 5.56 Å². The molecule has 1 aromatic carbocycles. The van der Waals surface area contributed by atoms with Crippen molar-refractivity contribution in [3.8, 4) is 5.75 Å². The number of nitrogens with one attached hydrogen (secondary N) is 2. The summed E-state index contributed by atoms with van der Waals surface area (Å²) in [6.07, 6.45) is 6.64. The van der Waals surface area contributed by atoms with Crippen LogP contribution < -0.4 is 14.8 Å². The van der Waals surface area contributed by atoms with Gasteiger partial charge in [0.05, 0.1) is 17.5 Å². The number of rotatable bonds is 9. The van der Waals surface area contributed by atoms with E-state index in [9.17, 15) is 13.2 Å². The highest BCUT2D eigenvalue weighted by Gasteiger charge is 2.35. The maximum atomic E-state index is 12.6. The van der Waals surface area contributed by atoms with Crippen LogP contribution in [0.2, 0.25) is 0 Å². The van der Waals surface area contributed by atoms with Gasteiger partial charge in [0, 0.05) is 12.1 Å². The van der Waals surface area contributed by atoms with Crippen molar-refractivity contribution in [2.24, 2.45) is 0 Å². The molecule has 1 aliphatic heterocycles. The van der Waals surface area contributed by atoms with Crippen LogP contribution >= 0.6 is 0 Å². The smallest absolute Gasteiger partial charge is 0.216 e. The monoisotopic (exact) mass is 466 g/mol. The maximum absolute atomic E-state index is 12.6. The third-order valence-electron chi connectivity index (χ3n) is 6.55. The maximum Gasteiger partial charge on any atom is 0.216 e. The van der Waals surface area contributed by atoms with Crippen LogP contribution in [0.5, 0.6) is 5.75 Å². The first-order valence-electron chi connectivity index (χ1n) is 11.7. The molecule has 0 radical (unpaired) electrons. The van der Waals surface area contributed by atoms with Gasteiger partial charge in [0.25, 0.3) is 0 Å². The highest BCUT2D eigenvalue weighted by Crippen LogP contribution is 2.38. The SMILES string of the molecule is CC(C)(C)S(=O)(=O)N[C@H]1CCCN[C@H]1CO[C@H]1CC[C@@H](c2ccccc2OCC=O)CC1. The summed E-state index contributed by atoms with van der Waals surface area (Å²) >= 11 is 0. The summed E-state index contributed by atoms with van der Waals surface area (Å²) in [6, 6.07) is 7.79. The van der Waals surface area contributed by atoms with E-state index in [0.717, 1.165) is 57.1 Å².